The molecule has 0 saturated heterocycles. The molecule has 0 saturated carbocycles. The normalized spacial score (nSPS) is 18.1. The summed E-state index contributed by atoms with van der Waals surface area (Å²) < 4.78 is 18.8. The molecule has 3 rings (SSSR count). The number of benzene rings is 2. The smallest absolute Gasteiger partial charge is 0.342 e. The molecule has 1 atom stereocenters. The molecule has 2 aromatic carbocycles. The Kier molecular flexibility index (Phi) is 2.83. The lowest BCUT2D eigenvalue weighted by molar-refractivity contribution is -0.135. The molecule has 0 radical (unpaired) electrons. The second kappa shape index (κ2) is 4.65. The van der Waals surface area contributed by atoms with Gasteiger partial charge in [-0.1, -0.05) is 36.4 Å². The van der Waals surface area contributed by atoms with Crippen molar-refractivity contribution in [3.8, 4) is 0 Å². The third-order valence-electron chi connectivity index (χ3n) is 2.89. The zero-order valence-corrected chi connectivity index (χ0v) is 9.92. The molecule has 0 spiro atoms. The molecular weight excluding hydrogens is 245 g/mol. The van der Waals surface area contributed by atoms with Gasteiger partial charge in [-0.05, 0) is 18.2 Å². The topological polar surface area (TPSA) is 38.7 Å². The molecule has 2 aromatic rings. The van der Waals surface area contributed by atoms with Crippen LogP contribution in [0, 0.1) is 5.82 Å². The van der Waals surface area contributed by atoms with Gasteiger partial charge in [0.05, 0.1) is 0 Å². The van der Waals surface area contributed by atoms with Crippen molar-refractivity contribution in [3.63, 3.8) is 0 Å². The van der Waals surface area contributed by atoms with Crippen LogP contribution in [0.15, 0.2) is 59.6 Å². The summed E-state index contributed by atoms with van der Waals surface area (Å²) in [5.74, 6) is -0.773. The quantitative estimate of drug-likeness (QED) is 0.774. The standard InChI is InChI=1S/C15H10FNO2/c16-12-9-5-4-8-11(12)13-15(18)19-14(17-13)10-6-2-1-3-7-10/h1-9,13H. The average molecular weight is 255 g/mol. The predicted molar refractivity (Wildman–Crippen MR) is 68.2 cm³/mol. The maximum atomic E-state index is 13.7. The molecule has 0 N–H and O–H groups in total. The van der Waals surface area contributed by atoms with Gasteiger partial charge in [-0.15, -0.1) is 0 Å². The number of nitrogens with zero attached hydrogens (tertiary/aromatic N) is 1. The van der Waals surface area contributed by atoms with Gasteiger partial charge in [-0.25, -0.2) is 14.2 Å². The number of cyclic esters (lactones) is 1. The van der Waals surface area contributed by atoms with Crippen molar-refractivity contribution in [3.05, 3.63) is 71.5 Å². The van der Waals surface area contributed by atoms with Crippen LogP contribution >= 0.6 is 0 Å². The van der Waals surface area contributed by atoms with Crippen LogP contribution in [0.5, 0.6) is 0 Å². The van der Waals surface area contributed by atoms with E-state index in [-0.39, 0.29) is 11.5 Å². The van der Waals surface area contributed by atoms with Gasteiger partial charge >= 0.3 is 5.97 Å². The number of rotatable bonds is 2. The second-order valence-electron chi connectivity index (χ2n) is 4.15. The molecule has 0 aromatic heterocycles. The summed E-state index contributed by atoms with van der Waals surface area (Å²) >= 11 is 0. The maximum Gasteiger partial charge on any atom is 0.342 e. The van der Waals surface area contributed by atoms with Gasteiger partial charge in [0, 0.05) is 11.1 Å². The number of esters is 1. The lowest BCUT2D eigenvalue weighted by atomic mass is 10.1. The summed E-state index contributed by atoms with van der Waals surface area (Å²) in [5.41, 5.74) is 0.938. The van der Waals surface area contributed by atoms with Crippen molar-refractivity contribution in [2.45, 2.75) is 6.04 Å². The summed E-state index contributed by atoms with van der Waals surface area (Å²) in [4.78, 5) is 16.0. The van der Waals surface area contributed by atoms with Gasteiger partial charge in [0.25, 0.3) is 0 Å². The number of ether oxygens (including phenoxy) is 1. The highest BCUT2D eigenvalue weighted by atomic mass is 19.1. The summed E-state index contributed by atoms with van der Waals surface area (Å²) in [6.07, 6.45) is 0. The monoisotopic (exact) mass is 255 g/mol. The Balaban J connectivity index is 1.99. The first kappa shape index (κ1) is 11.6. The van der Waals surface area contributed by atoms with Gasteiger partial charge < -0.3 is 4.74 Å². The van der Waals surface area contributed by atoms with Crippen molar-refractivity contribution >= 4 is 11.9 Å². The highest BCUT2D eigenvalue weighted by molar-refractivity contribution is 6.06. The Morgan fingerprint density at radius 3 is 2.42 bits per heavy atom. The van der Waals surface area contributed by atoms with Crippen LogP contribution in [0.3, 0.4) is 0 Å². The van der Waals surface area contributed by atoms with Gasteiger partial charge in [0.1, 0.15) is 5.82 Å². The molecule has 1 aliphatic rings. The Morgan fingerprint density at radius 1 is 1.00 bits per heavy atom. The summed E-state index contributed by atoms with van der Waals surface area (Å²) in [5, 5.41) is 0. The maximum absolute atomic E-state index is 13.7. The van der Waals surface area contributed by atoms with Crippen molar-refractivity contribution in [2.75, 3.05) is 0 Å². The van der Waals surface area contributed by atoms with Crippen molar-refractivity contribution in [2.24, 2.45) is 4.99 Å². The fraction of sp³-hybridized carbons (Fsp3) is 0.0667. The molecular formula is C15H10FNO2. The van der Waals surface area contributed by atoms with E-state index >= 15 is 0 Å². The van der Waals surface area contributed by atoms with Crippen LogP contribution in [-0.2, 0) is 9.53 Å². The molecule has 0 aliphatic carbocycles. The first-order chi connectivity index (χ1) is 9.25. The van der Waals surface area contributed by atoms with E-state index < -0.39 is 17.8 Å². The van der Waals surface area contributed by atoms with Gasteiger partial charge in [0.15, 0.2) is 6.04 Å². The average Bonchev–Trinajstić information content (AvgIpc) is 2.82. The molecule has 19 heavy (non-hydrogen) atoms. The van der Waals surface area contributed by atoms with Crippen molar-refractivity contribution < 1.29 is 13.9 Å². The lowest BCUT2D eigenvalue weighted by Gasteiger charge is -2.04. The molecule has 0 amide bonds. The van der Waals surface area contributed by atoms with Crippen molar-refractivity contribution in [1.82, 2.24) is 0 Å². The van der Waals surface area contributed by atoms with E-state index in [4.69, 9.17) is 4.74 Å². The van der Waals surface area contributed by atoms with Gasteiger partial charge in [-0.3, -0.25) is 0 Å². The molecule has 94 valence electrons. The number of halogens is 1. The van der Waals surface area contributed by atoms with Crippen LogP contribution in [0.1, 0.15) is 17.2 Å². The minimum atomic E-state index is -0.920. The zero-order valence-electron chi connectivity index (χ0n) is 9.92. The second-order valence-corrected chi connectivity index (χ2v) is 4.15. The third-order valence-corrected chi connectivity index (χ3v) is 2.89. The number of aliphatic imine (C=N–C) groups is 1. The molecule has 4 heteroatoms. The first-order valence-electron chi connectivity index (χ1n) is 5.85. The molecule has 1 aliphatic heterocycles. The fourth-order valence-corrected chi connectivity index (χ4v) is 1.95. The fourth-order valence-electron chi connectivity index (χ4n) is 1.95. The van der Waals surface area contributed by atoms with Crippen LogP contribution < -0.4 is 0 Å². The first-order valence-corrected chi connectivity index (χ1v) is 5.85. The minimum absolute atomic E-state index is 0.235. The van der Waals surface area contributed by atoms with E-state index in [0.29, 0.717) is 5.56 Å². The van der Waals surface area contributed by atoms with Crippen LogP contribution in [0.25, 0.3) is 0 Å². The number of carbonyl (C=O) groups excluding carboxylic acids is 1. The van der Waals surface area contributed by atoms with Crippen LogP contribution in [0.2, 0.25) is 0 Å². The van der Waals surface area contributed by atoms with E-state index in [0.717, 1.165) is 0 Å². The van der Waals surface area contributed by atoms with E-state index in [1.807, 2.05) is 18.2 Å². The Morgan fingerprint density at radius 2 is 1.68 bits per heavy atom. The Hall–Kier alpha value is -2.49. The summed E-state index contributed by atoms with van der Waals surface area (Å²) in [7, 11) is 0. The number of carbonyl (C=O) groups is 1. The number of hydrogen-bond donors (Lipinski definition) is 0. The highest BCUT2D eigenvalue weighted by Crippen LogP contribution is 2.28. The largest absolute Gasteiger partial charge is 0.405 e. The Bertz CT molecular complexity index is 652. The van der Waals surface area contributed by atoms with E-state index in [9.17, 15) is 9.18 Å². The minimum Gasteiger partial charge on any atom is -0.405 e. The number of hydrogen-bond acceptors (Lipinski definition) is 3. The zero-order chi connectivity index (χ0) is 13.2. The van der Waals surface area contributed by atoms with Crippen molar-refractivity contribution in [1.29, 1.82) is 0 Å². The summed E-state index contributed by atoms with van der Waals surface area (Å²) in [6, 6.07) is 14.2. The Labute approximate surface area is 109 Å². The SMILES string of the molecule is O=C1OC(c2ccccc2)=NC1c1ccccc1F. The van der Waals surface area contributed by atoms with E-state index in [1.54, 1.807) is 30.3 Å². The van der Waals surface area contributed by atoms with Crippen LogP contribution in [-0.4, -0.2) is 11.9 Å². The molecule has 1 heterocycles. The van der Waals surface area contributed by atoms with Crippen LogP contribution in [0.4, 0.5) is 4.39 Å². The molecule has 0 bridgehead atoms. The van der Waals surface area contributed by atoms with E-state index in [2.05, 4.69) is 4.99 Å². The van der Waals surface area contributed by atoms with Gasteiger partial charge in [-0.2, -0.15) is 0 Å². The molecule has 0 fully saturated rings. The van der Waals surface area contributed by atoms with Gasteiger partial charge in [0.2, 0.25) is 5.90 Å². The molecule has 1 unspecified atom stereocenters. The summed E-state index contributed by atoms with van der Waals surface area (Å²) in [6.45, 7) is 0. The third kappa shape index (κ3) is 2.12. The lowest BCUT2D eigenvalue weighted by Crippen LogP contribution is -2.10. The highest BCUT2D eigenvalue weighted by Gasteiger charge is 2.32. The molecule has 3 nitrogen and oxygen atoms in total. The predicted octanol–water partition coefficient (Wildman–Crippen LogP) is 2.87. The van der Waals surface area contributed by atoms with E-state index in [1.165, 1.54) is 6.07 Å².